The largest absolute Gasteiger partial charge is 0.352 e. The lowest BCUT2D eigenvalue weighted by Gasteiger charge is -2.19. The second kappa shape index (κ2) is 10.6. The zero-order valence-corrected chi connectivity index (χ0v) is 22.8. The zero-order chi connectivity index (χ0) is 26.8. The molecule has 2 N–H and O–H groups in total. The molecule has 4 rings (SSSR count). The first-order valence-electron chi connectivity index (χ1n) is 12.0. The number of hydrogen-bond acceptors (Lipinski definition) is 5. The van der Waals surface area contributed by atoms with Crippen LogP contribution in [0, 0.1) is 0 Å². The van der Waals surface area contributed by atoms with Gasteiger partial charge < -0.3 is 10.6 Å². The predicted molar refractivity (Wildman–Crippen MR) is 147 cm³/mol. The molecule has 2 aromatic carbocycles. The Morgan fingerprint density at radius 1 is 1.05 bits per heavy atom. The van der Waals surface area contributed by atoms with Crippen molar-refractivity contribution in [3.05, 3.63) is 94.4 Å². The molecule has 0 saturated carbocycles. The number of thiophene rings is 1. The van der Waals surface area contributed by atoms with Crippen LogP contribution in [0.15, 0.2) is 72.1 Å². The van der Waals surface area contributed by atoms with Gasteiger partial charge in [0, 0.05) is 30.1 Å². The van der Waals surface area contributed by atoms with Gasteiger partial charge in [0.2, 0.25) is 15.9 Å². The Kier molecular flexibility index (Phi) is 7.68. The number of sulfonamides is 1. The highest BCUT2D eigenvalue weighted by atomic mass is 32.2. The van der Waals surface area contributed by atoms with Crippen molar-refractivity contribution in [2.24, 2.45) is 0 Å². The molecule has 0 spiro atoms. The van der Waals surface area contributed by atoms with Gasteiger partial charge in [0.25, 0.3) is 5.91 Å². The molecule has 194 valence electrons. The molecular weight excluding hydrogens is 506 g/mol. The average molecular weight is 538 g/mol. The summed E-state index contributed by atoms with van der Waals surface area (Å²) in [6.45, 7) is 10.9. The summed E-state index contributed by atoms with van der Waals surface area (Å²) in [7, 11) is -3.72. The molecule has 1 aliphatic rings. The smallest absolute Gasteiger partial charge is 0.251 e. The van der Waals surface area contributed by atoms with Crippen molar-refractivity contribution in [3.8, 4) is 0 Å². The zero-order valence-electron chi connectivity index (χ0n) is 21.2. The highest BCUT2D eigenvalue weighted by molar-refractivity contribution is 7.89. The Morgan fingerprint density at radius 3 is 2.32 bits per heavy atom. The van der Waals surface area contributed by atoms with E-state index >= 15 is 0 Å². The molecule has 0 saturated heterocycles. The van der Waals surface area contributed by atoms with Crippen molar-refractivity contribution in [2.45, 2.75) is 50.6 Å². The quantitative estimate of drug-likeness (QED) is 0.402. The van der Waals surface area contributed by atoms with Crippen molar-refractivity contribution in [1.82, 2.24) is 9.62 Å². The number of amides is 2. The minimum absolute atomic E-state index is 0.0989. The van der Waals surface area contributed by atoms with Gasteiger partial charge in [-0.25, -0.2) is 8.42 Å². The number of carbonyl (C=O) groups is 2. The summed E-state index contributed by atoms with van der Waals surface area (Å²) in [6.07, 6.45) is 1.90. The summed E-state index contributed by atoms with van der Waals surface area (Å²) < 4.78 is 27.7. The molecule has 2 amide bonds. The molecule has 9 heteroatoms. The van der Waals surface area contributed by atoms with Gasteiger partial charge in [0.05, 0.1) is 9.90 Å². The lowest BCUT2D eigenvalue weighted by Crippen LogP contribution is -2.27. The van der Waals surface area contributed by atoms with Crippen LogP contribution < -0.4 is 10.6 Å². The van der Waals surface area contributed by atoms with E-state index in [1.165, 1.54) is 51.5 Å². The fraction of sp³-hybridized carbons (Fsp3) is 0.286. The molecule has 37 heavy (non-hydrogen) atoms. The number of nitrogens with zero attached hydrogens (tertiary/aromatic N) is 1. The van der Waals surface area contributed by atoms with Crippen LogP contribution in [0.25, 0.3) is 0 Å². The van der Waals surface area contributed by atoms with Crippen molar-refractivity contribution in [3.63, 3.8) is 0 Å². The molecule has 7 nitrogen and oxygen atoms in total. The van der Waals surface area contributed by atoms with Crippen LogP contribution in [0.2, 0.25) is 0 Å². The molecule has 0 bridgehead atoms. The summed E-state index contributed by atoms with van der Waals surface area (Å²) in [5.74, 6) is -0.545. The number of rotatable bonds is 8. The molecule has 0 fully saturated rings. The molecule has 2 heterocycles. The van der Waals surface area contributed by atoms with Crippen LogP contribution in [-0.4, -0.2) is 31.1 Å². The SMILES string of the molecule is C=CC(=O)Nc1cc2c(s1)CN(S(=O)(=O)c1ccc(C(=O)NCCc3ccc(C(C)(C)C)cc3)cc1)C2. The topological polar surface area (TPSA) is 95.6 Å². The standard InChI is InChI=1S/C28H31N3O4S2/c1-5-25(32)30-26-16-21-17-31(18-24(21)36-26)37(34,35)23-12-8-20(9-13-23)27(33)29-15-14-19-6-10-22(11-7-19)28(2,3)4/h5-13,16H,1,14-15,17-18H2,2-4H3,(H,29,33)(H,30,32). The Balaban J connectivity index is 1.32. The van der Waals surface area contributed by atoms with E-state index in [-0.39, 0.29) is 35.2 Å². The minimum atomic E-state index is -3.72. The minimum Gasteiger partial charge on any atom is -0.352 e. The van der Waals surface area contributed by atoms with E-state index in [0.717, 1.165) is 16.0 Å². The van der Waals surface area contributed by atoms with E-state index in [9.17, 15) is 18.0 Å². The third kappa shape index (κ3) is 6.18. The van der Waals surface area contributed by atoms with Crippen LogP contribution in [0.5, 0.6) is 0 Å². The lowest BCUT2D eigenvalue weighted by atomic mass is 9.86. The Morgan fingerprint density at radius 2 is 1.73 bits per heavy atom. The number of nitrogens with one attached hydrogen (secondary N) is 2. The summed E-state index contributed by atoms with van der Waals surface area (Å²) >= 11 is 1.36. The maximum atomic E-state index is 13.2. The second-order valence-corrected chi connectivity index (χ2v) is 13.1. The van der Waals surface area contributed by atoms with Crippen LogP contribution in [0.1, 0.15) is 52.7 Å². The summed E-state index contributed by atoms with van der Waals surface area (Å²) in [5.41, 5.74) is 3.79. The van der Waals surface area contributed by atoms with Gasteiger partial charge in [-0.3, -0.25) is 9.59 Å². The van der Waals surface area contributed by atoms with Gasteiger partial charge in [-0.15, -0.1) is 11.3 Å². The lowest BCUT2D eigenvalue weighted by molar-refractivity contribution is -0.111. The summed E-state index contributed by atoms with van der Waals surface area (Å²) in [5, 5.41) is 6.28. The van der Waals surface area contributed by atoms with Crippen molar-refractivity contribution < 1.29 is 18.0 Å². The summed E-state index contributed by atoms with van der Waals surface area (Å²) in [6, 6.07) is 16.2. The van der Waals surface area contributed by atoms with Gasteiger partial charge in [-0.2, -0.15) is 4.31 Å². The van der Waals surface area contributed by atoms with Gasteiger partial charge in [0.1, 0.15) is 0 Å². The van der Waals surface area contributed by atoms with E-state index in [2.05, 4.69) is 62.2 Å². The van der Waals surface area contributed by atoms with Crippen LogP contribution >= 0.6 is 11.3 Å². The molecule has 0 atom stereocenters. The highest BCUT2D eigenvalue weighted by Crippen LogP contribution is 2.36. The van der Waals surface area contributed by atoms with Crippen LogP contribution in [-0.2, 0) is 39.7 Å². The number of fused-ring (bicyclic) bond motifs is 1. The van der Waals surface area contributed by atoms with Gasteiger partial charge in [-0.05, 0) is 64.9 Å². The van der Waals surface area contributed by atoms with E-state index < -0.39 is 10.0 Å². The number of carbonyl (C=O) groups excluding carboxylic acids is 2. The predicted octanol–water partition coefficient (Wildman–Crippen LogP) is 4.85. The van der Waals surface area contributed by atoms with E-state index in [0.29, 0.717) is 23.5 Å². The van der Waals surface area contributed by atoms with Crippen molar-refractivity contribution in [2.75, 3.05) is 11.9 Å². The first-order valence-corrected chi connectivity index (χ1v) is 14.3. The fourth-order valence-corrected chi connectivity index (χ4v) is 6.63. The maximum Gasteiger partial charge on any atom is 0.251 e. The molecular formula is C28H31N3O4S2. The van der Waals surface area contributed by atoms with E-state index in [1.807, 2.05) is 0 Å². The number of anilines is 1. The Hall–Kier alpha value is -3.27. The number of benzene rings is 2. The fourth-order valence-electron chi connectivity index (χ4n) is 4.07. The monoisotopic (exact) mass is 537 g/mol. The van der Waals surface area contributed by atoms with E-state index in [4.69, 9.17) is 0 Å². The first-order chi connectivity index (χ1) is 17.5. The van der Waals surface area contributed by atoms with Crippen molar-refractivity contribution in [1.29, 1.82) is 0 Å². The van der Waals surface area contributed by atoms with Crippen LogP contribution in [0.4, 0.5) is 5.00 Å². The van der Waals surface area contributed by atoms with Gasteiger partial charge in [-0.1, -0.05) is 51.6 Å². The third-order valence-electron chi connectivity index (χ3n) is 6.27. The molecule has 1 aromatic heterocycles. The first kappa shape index (κ1) is 26.8. The molecule has 0 radical (unpaired) electrons. The maximum absolute atomic E-state index is 13.2. The Labute approximate surface area is 222 Å². The third-order valence-corrected chi connectivity index (χ3v) is 9.15. The molecule has 0 aliphatic carbocycles. The van der Waals surface area contributed by atoms with Gasteiger partial charge in [0.15, 0.2) is 0 Å². The number of hydrogen-bond donors (Lipinski definition) is 2. The molecule has 3 aromatic rings. The van der Waals surface area contributed by atoms with Crippen LogP contribution in [0.3, 0.4) is 0 Å². The Bertz CT molecular complexity index is 1390. The second-order valence-electron chi connectivity index (χ2n) is 10.0. The van der Waals surface area contributed by atoms with E-state index in [1.54, 1.807) is 6.07 Å². The average Bonchev–Trinajstić information content (AvgIpc) is 3.43. The normalized spacial score (nSPS) is 13.7. The van der Waals surface area contributed by atoms with Gasteiger partial charge >= 0.3 is 0 Å². The molecule has 0 unspecified atom stereocenters. The summed E-state index contributed by atoms with van der Waals surface area (Å²) in [4.78, 5) is 25.1. The van der Waals surface area contributed by atoms with Crippen molar-refractivity contribution >= 4 is 38.2 Å². The highest BCUT2D eigenvalue weighted by Gasteiger charge is 2.32. The molecule has 1 aliphatic heterocycles.